The average Bonchev–Trinajstić information content (AvgIpc) is 1.85. The van der Waals surface area contributed by atoms with Crippen LogP contribution in [0, 0.1) is 6.92 Å². The molecule has 3 nitrogen and oxygen atoms in total. The topological polar surface area (TPSA) is 43.4 Å². The van der Waals surface area contributed by atoms with Crippen molar-refractivity contribution in [1.82, 2.24) is 0 Å². The van der Waals surface area contributed by atoms with Gasteiger partial charge in [-0.1, -0.05) is 0 Å². The van der Waals surface area contributed by atoms with Crippen LogP contribution in [0.3, 0.4) is 0 Å². The van der Waals surface area contributed by atoms with Crippen LogP contribution in [0.2, 0.25) is 0 Å². The van der Waals surface area contributed by atoms with Crippen LogP contribution in [0.25, 0.3) is 0 Å². The number of H-pyrrole nitrogens is 1. The lowest BCUT2D eigenvalue weighted by atomic mass is 10.3. The molecule has 0 aliphatic carbocycles. The van der Waals surface area contributed by atoms with Gasteiger partial charge in [0.2, 0.25) is 0 Å². The predicted molar refractivity (Wildman–Crippen MR) is 46.5 cm³/mol. The molecule has 60 valence electrons. The number of aromatic amines is 1. The Labute approximate surface area is 66.8 Å². The minimum atomic E-state index is 0.703. The lowest BCUT2D eigenvalue weighted by Gasteiger charge is -2.11. The predicted octanol–water partition coefficient (Wildman–Crippen LogP) is 0.457. The molecule has 0 radical (unpaired) electrons. The molecule has 0 aliphatic rings. The minimum absolute atomic E-state index is 0.703. The van der Waals surface area contributed by atoms with Gasteiger partial charge < -0.3 is 4.90 Å². The number of anilines is 2. The second-order valence-electron chi connectivity index (χ2n) is 2.87. The van der Waals surface area contributed by atoms with Crippen molar-refractivity contribution in [3.63, 3.8) is 0 Å². The second-order valence-corrected chi connectivity index (χ2v) is 2.87. The van der Waals surface area contributed by atoms with Crippen molar-refractivity contribution in [3.8, 4) is 0 Å². The number of hydrogen-bond donors (Lipinski definition) is 1. The van der Waals surface area contributed by atoms with Crippen LogP contribution >= 0.6 is 0 Å². The van der Waals surface area contributed by atoms with Gasteiger partial charge in [-0.25, -0.2) is 4.98 Å². The van der Waals surface area contributed by atoms with E-state index in [2.05, 4.69) is 11.1 Å². The highest BCUT2D eigenvalue weighted by Crippen LogP contribution is 2.11. The Morgan fingerprint density at radius 1 is 1.36 bits per heavy atom. The van der Waals surface area contributed by atoms with Gasteiger partial charge in [-0.05, 0) is 6.92 Å². The molecule has 0 aromatic carbocycles. The smallest absolute Gasteiger partial charge is 0.272 e. The van der Waals surface area contributed by atoms with E-state index in [9.17, 15) is 0 Å². The van der Waals surface area contributed by atoms with E-state index < -0.39 is 0 Å². The number of nitrogens with one attached hydrogen (secondary N) is 1. The van der Waals surface area contributed by atoms with Gasteiger partial charge in [0.1, 0.15) is 5.69 Å². The summed E-state index contributed by atoms with van der Waals surface area (Å²) in [5.74, 6) is 0.703. The maximum Gasteiger partial charge on any atom is 0.272 e. The monoisotopic (exact) mass is 152 g/mol. The molecule has 0 unspecified atom stereocenters. The number of nitrogens with two attached hydrogens (primary N) is 1. The van der Waals surface area contributed by atoms with E-state index in [4.69, 9.17) is 5.73 Å². The molecular weight excluding hydrogens is 138 g/mol. The highest BCUT2D eigenvalue weighted by atomic mass is 15.1. The third-order valence-corrected chi connectivity index (χ3v) is 1.53. The molecule has 0 bridgehead atoms. The molecule has 0 fully saturated rings. The molecule has 11 heavy (non-hydrogen) atoms. The molecule has 3 heteroatoms. The fraction of sp³-hybridized carbons (Fsp3) is 0.375. The van der Waals surface area contributed by atoms with Gasteiger partial charge in [0, 0.05) is 25.8 Å². The summed E-state index contributed by atoms with van der Waals surface area (Å²) >= 11 is 0. The maximum absolute atomic E-state index is 5.62. The third-order valence-electron chi connectivity index (χ3n) is 1.53. The largest absolute Gasteiger partial charge is 0.377 e. The Hall–Kier alpha value is -1.25. The summed E-state index contributed by atoms with van der Waals surface area (Å²) in [6.45, 7) is 1.99. The van der Waals surface area contributed by atoms with Crippen molar-refractivity contribution in [2.75, 3.05) is 24.7 Å². The number of rotatable bonds is 1. The number of aryl methyl sites for hydroxylation is 1. The minimum Gasteiger partial charge on any atom is -0.377 e. The number of nitrogen functional groups attached to an aromatic ring is 1. The summed E-state index contributed by atoms with van der Waals surface area (Å²) in [7, 11) is 3.99. The van der Waals surface area contributed by atoms with Gasteiger partial charge in [-0.2, -0.15) is 0 Å². The van der Waals surface area contributed by atoms with Gasteiger partial charge in [0.25, 0.3) is 5.82 Å². The van der Waals surface area contributed by atoms with E-state index in [0.29, 0.717) is 5.82 Å². The Balaban J connectivity index is 3.08. The standard InChI is InChI=1S/C8H13N3/c1-6-4-7(11(2)3)5-8(9)10-6/h4-5H,1-3H3,(H2,9,10)/p+1. The van der Waals surface area contributed by atoms with Crippen LogP contribution < -0.4 is 15.6 Å². The zero-order valence-electron chi connectivity index (χ0n) is 7.18. The molecule has 0 aliphatic heterocycles. The Kier molecular flexibility index (Phi) is 1.98. The first kappa shape index (κ1) is 7.85. The van der Waals surface area contributed by atoms with Crippen LogP contribution in [0.1, 0.15) is 5.69 Å². The fourth-order valence-electron chi connectivity index (χ4n) is 0.981. The molecule has 1 aromatic heterocycles. The van der Waals surface area contributed by atoms with Crippen molar-refractivity contribution in [2.45, 2.75) is 6.92 Å². The Morgan fingerprint density at radius 3 is 2.45 bits per heavy atom. The summed E-state index contributed by atoms with van der Waals surface area (Å²) in [5.41, 5.74) is 7.82. The van der Waals surface area contributed by atoms with Gasteiger partial charge in [0.15, 0.2) is 0 Å². The first-order chi connectivity index (χ1) is 5.09. The summed E-state index contributed by atoms with van der Waals surface area (Å²) in [6.07, 6.45) is 0. The first-order valence-corrected chi connectivity index (χ1v) is 3.56. The van der Waals surface area contributed by atoms with Crippen molar-refractivity contribution in [1.29, 1.82) is 0 Å². The molecular formula is C8H14N3+. The van der Waals surface area contributed by atoms with Crippen molar-refractivity contribution >= 4 is 11.5 Å². The molecule has 0 saturated carbocycles. The normalized spacial score (nSPS) is 9.73. The summed E-state index contributed by atoms with van der Waals surface area (Å²) < 4.78 is 0. The Bertz CT molecular complexity index is 235. The van der Waals surface area contributed by atoms with E-state index in [1.807, 2.05) is 32.0 Å². The molecule has 0 saturated heterocycles. The van der Waals surface area contributed by atoms with Crippen molar-refractivity contribution in [3.05, 3.63) is 17.8 Å². The highest BCUT2D eigenvalue weighted by Gasteiger charge is 2.01. The van der Waals surface area contributed by atoms with E-state index >= 15 is 0 Å². The quantitative estimate of drug-likeness (QED) is 0.635. The van der Waals surface area contributed by atoms with E-state index in [1.54, 1.807) is 0 Å². The molecule has 0 spiro atoms. The van der Waals surface area contributed by atoms with Gasteiger partial charge in [-0.15, -0.1) is 0 Å². The summed E-state index contributed by atoms with van der Waals surface area (Å²) in [5, 5.41) is 0. The average molecular weight is 152 g/mol. The molecule has 1 heterocycles. The molecule has 0 amide bonds. The third kappa shape index (κ3) is 1.83. The van der Waals surface area contributed by atoms with E-state index in [-0.39, 0.29) is 0 Å². The van der Waals surface area contributed by atoms with Crippen molar-refractivity contribution in [2.24, 2.45) is 0 Å². The zero-order chi connectivity index (χ0) is 8.43. The molecule has 1 aromatic rings. The van der Waals surface area contributed by atoms with Crippen LogP contribution in [0.15, 0.2) is 12.1 Å². The van der Waals surface area contributed by atoms with Crippen LogP contribution in [0.4, 0.5) is 11.5 Å². The lowest BCUT2D eigenvalue weighted by molar-refractivity contribution is -0.369. The van der Waals surface area contributed by atoms with E-state index in [0.717, 1.165) is 11.4 Å². The highest BCUT2D eigenvalue weighted by molar-refractivity contribution is 5.49. The van der Waals surface area contributed by atoms with Crippen LogP contribution in [-0.2, 0) is 0 Å². The maximum atomic E-state index is 5.62. The van der Waals surface area contributed by atoms with Gasteiger partial charge in [0.05, 0.1) is 6.07 Å². The van der Waals surface area contributed by atoms with Crippen molar-refractivity contribution < 1.29 is 4.98 Å². The first-order valence-electron chi connectivity index (χ1n) is 3.56. The lowest BCUT2D eigenvalue weighted by Crippen LogP contribution is -2.17. The van der Waals surface area contributed by atoms with E-state index in [1.165, 1.54) is 0 Å². The molecule has 0 atom stereocenters. The van der Waals surface area contributed by atoms with Crippen LogP contribution in [0.5, 0.6) is 0 Å². The molecule has 3 N–H and O–H groups in total. The molecule has 1 rings (SSSR count). The second kappa shape index (κ2) is 2.78. The number of nitrogens with zero attached hydrogens (tertiary/aromatic N) is 1. The Morgan fingerprint density at radius 2 is 2.00 bits per heavy atom. The number of hydrogen-bond acceptors (Lipinski definition) is 2. The summed E-state index contributed by atoms with van der Waals surface area (Å²) in [4.78, 5) is 5.04. The number of pyridine rings is 1. The number of aromatic nitrogens is 1. The van der Waals surface area contributed by atoms with Gasteiger partial charge >= 0.3 is 0 Å². The SMILES string of the molecule is Cc1cc(N(C)C)cc(N)[nH+]1. The fourth-order valence-corrected chi connectivity index (χ4v) is 0.981. The summed E-state index contributed by atoms with van der Waals surface area (Å²) in [6, 6.07) is 3.96. The van der Waals surface area contributed by atoms with Gasteiger partial charge in [-0.3, -0.25) is 5.73 Å². The zero-order valence-corrected chi connectivity index (χ0v) is 7.18. The van der Waals surface area contributed by atoms with Crippen LogP contribution in [-0.4, -0.2) is 14.1 Å².